The lowest BCUT2D eigenvalue weighted by Gasteiger charge is -2.28. The number of nitro benzene ring substituents is 1. The Labute approximate surface area is 161 Å². The van der Waals surface area contributed by atoms with Crippen molar-refractivity contribution in [1.82, 2.24) is 0 Å². The molecular formula is C21H17N3O4. The Bertz CT molecular complexity index is 948. The molecule has 0 saturated heterocycles. The van der Waals surface area contributed by atoms with Gasteiger partial charge >= 0.3 is 5.97 Å². The molecule has 3 aromatic rings. The number of hydrogen-bond acceptors (Lipinski definition) is 6. The van der Waals surface area contributed by atoms with Gasteiger partial charge in [-0.2, -0.15) is 5.11 Å². The second-order valence-corrected chi connectivity index (χ2v) is 5.94. The number of carbonyl (C=O) groups excluding carboxylic acids is 1. The van der Waals surface area contributed by atoms with Crippen LogP contribution in [0.1, 0.15) is 18.1 Å². The first kappa shape index (κ1) is 18.9. The standard InChI is InChI=1S/C21H17N3O4/c1-16(25)28-21(17-8-4-2-5-9-17,18-10-6-3-7-11-18)23-22-19-12-14-20(15-13-19)24(26)27/h2-15H,1H3. The molecule has 0 heterocycles. The van der Waals surface area contributed by atoms with E-state index in [-0.39, 0.29) is 5.69 Å². The fraction of sp³-hybridized carbons (Fsp3) is 0.0952. The first-order valence-corrected chi connectivity index (χ1v) is 8.49. The second-order valence-electron chi connectivity index (χ2n) is 5.94. The van der Waals surface area contributed by atoms with Crippen molar-refractivity contribution in [3.05, 3.63) is 106 Å². The summed E-state index contributed by atoms with van der Waals surface area (Å²) >= 11 is 0. The summed E-state index contributed by atoms with van der Waals surface area (Å²) in [6.45, 7) is 1.31. The number of hydrogen-bond donors (Lipinski definition) is 0. The molecule has 7 heteroatoms. The van der Waals surface area contributed by atoms with Crippen LogP contribution in [0.25, 0.3) is 0 Å². The minimum absolute atomic E-state index is 0.0451. The van der Waals surface area contributed by atoms with Crippen LogP contribution in [0, 0.1) is 10.1 Å². The van der Waals surface area contributed by atoms with E-state index in [0.717, 1.165) is 0 Å². The lowest BCUT2D eigenvalue weighted by atomic mass is 9.95. The van der Waals surface area contributed by atoms with E-state index in [2.05, 4.69) is 10.2 Å². The van der Waals surface area contributed by atoms with Gasteiger partial charge < -0.3 is 4.74 Å². The van der Waals surface area contributed by atoms with E-state index in [1.54, 1.807) is 24.3 Å². The quantitative estimate of drug-likeness (QED) is 0.258. The molecule has 0 saturated carbocycles. The molecule has 3 aromatic carbocycles. The number of azo groups is 1. The first-order chi connectivity index (χ1) is 13.5. The lowest BCUT2D eigenvalue weighted by molar-refractivity contribution is -0.384. The molecule has 0 N–H and O–H groups in total. The monoisotopic (exact) mass is 375 g/mol. The van der Waals surface area contributed by atoms with E-state index in [1.165, 1.54) is 31.2 Å². The minimum Gasteiger partial charge on any atom is -0.427 e. The van der Waals surface area contributed by atoms with Crippen molar-refractivity contribution in [1.29, 1.82) is 0 Å². The molecule has 140 valence electrons. The van der Waals surface area contributed by atoms with Gasteiger partial charge in [-0.25, -0.2) is 0 Å². The summed E-state index contributed by atoms with van der Waals surface area (Å²) in [6.07, 6.45) is 0. The van der Waals surface area contributed by atoms with Gasteiger partial charge in [0.15, 0.2) is 0 Å². The van der Waals surface area contributed by atoms with Crippen LogP contribution in [0.15, 0.2) is 95.2 Å². The molecule has 0 unspecified atom stereocenters. The Morgan fingerprint density at radius 1 is 0.893 bits per heavy atom. The van der Waals surface area contributed by atoms with Crippen molar-refractivity contribution in [2.75, 3.05) is 0 Å². The van der Waals surface area contributed by atoms with Crippen LogP contribution in [0.4, 0.5) is 11.4 Å². The minimum atomic E-state index is -1.48. The van der Waals surface area contributed by atoms with Crippen LogP contribution >= 0.6 is 0 Å². The molecule has 3 rings (SSSR count). The fourth-order valence-electron chi connectivity index (χ4n) is 2.73. The molecular weight excluding hydrogens is 358 g/mol. The van der Waals surface area contributed by atoms with E-state index in [1.807, 2.05) is 36.4 Å². The Balaban J connectivity index is 2.12. The average molecular weight is 375 g/mol. The Morgan fingerprint density at radius 3 is 1.82 bits per heavy atom. The van der Waals surface area contributed by atoms with Crippen molar-refractivity contribution in [3.63, 3.8) is 0 Å². The maximum Gasteiger partial charge on any atom is 0.305 e. The Morgan fingerprint density at radius 2 is 1.39 bits per heavy atom. The van der Waals surface area contributed by atoms with Gasteiger partial charge in [0, 0.05) is 30.2 Å². The van der Waals surface area contributed by atoms with Crippen LogP contribution in [0.2, 0.25) is 0 Å². The molecule has 0 amide bonds. The highest BCUT2D eigenvalue weighted by Crippen LogP contribution is 2.37. The highest BCUT2D eigenvalue weighted by molar-refractivity contribution is 5.67. The predicted molar refractivity (Wildman–Crippen MR) is 103 cm³/mol. The summed E-state index contributed by atoms with van der Waals surface area (Å²) in [4.78, 5) is 22.3. The third kappa shape index (κ3) is 4.09. The molecule has 0 spiro atoms. The number of benzene rings is 3. The van der Waals surface area contributed by atoms with Crippen LogP contribution in [0.5, 0.6) is 0 Å². The van der Waals surface area contributed by atoms with Crippen molar-refractivity contribution >= 4 is 17.3 Å². The SMILES string of the molecule is CC(=O)OC(N=Nc1ccc([N+](=O)[O-])cc1)(c1ccccc1)c1ccccc1. The zero-order valence-corrected chi connectivity index (χ0v) is 15.1. The molecule has 0 aliphatic heterocycles. The number of carbonyl (C=O) groups is 1. The molecule has 0 aromatic heterocycles. The molecule has 0 fully saturated rings. The molecule has 0 bridgehead atoms. The van der Waals surface area contributed by atoms with Crippen LogP contribution in [-0.2, 0) is 15.3 Å². The van der Waals surface area contributed by atoms with E-state index in [4.69, 9.17) is 4.74 Å². The number of nitrogens with zero attached hydrogens (tertiary/aromatic N) is 3. The summed E-state index contributed by atoms with van der Waals surface area (Å²) < 4.78 is 5.69. The van der Waals surface area contributed by atoms with Crippen LogP contribution in [-0.4, -0.2) is 10.9 Å². The second kappa shape index (κ2) is 8.22. The Kier molecular flexibility index (Phi) is 5.55. The van der Waals surface area contributed by atoms with Gasteiger partial charge in [0.05, 0.1) is 10.6 Å². The average Bonchev–Trinajstić information content (AvgIpc) is 2.72. The van der Waals surface area contributed by atoms with Crippen LogP contribution < -0.4 is 0 Å². The third-order valence-electron chi connectivity index (χ3n) is 3.99. The summed E-state index contributed by atoms with van der Waals surface area (Å²) in [7, 11) is 0. The van der Waals surface area contributed by atoms with E-state index < -0.39 is 16.6 Å². The molecule has 7 nitrogen and oxygen atoms in total. The van der Waals surface area contributed by atoms with Crippen molar-refractivity contribution in [2.45, 2.75) is 12.6 Å². The number of rotatable bonds is 6. The van der Waals surface area contributed by atoms with Gasteiger partial charge in [0.1, 0.15) is 0 Å². The van der Waals surface area contributed by atoms with Gasteiger partial charge in [-0.15, -0.1) is 5.11 Å². The fourth-order valence-corrected chi connectivity index (χ4v) is 2.73. The summed E-state index contributed by atoms with van der Waals surface area (Å²) in [6, 6.07) is 23.8. The topological polar surface area (TPSA) is 94.2 Å². The molecule has 0 aliphatic rings. The van der Waals surface area contributed by atoms with Gasteiger partial charge in [0.2, 0.25) is 0 Å². The molecule has 28 heavy (non-hydrogen) atoms. The van der Waals surface area contributed by atoms with Crippen molar-refractivity contribution < 1.29 is 14.5 Å². The number of ether oxygens (including phenoxy) is 1. The summed E-state index contributed by atoms with van der Waals surface area (Å²) in [5.74, 6) is -0.518. The van der Waals surface area contributed by atoms with Gasteiger partial charge in [-0.3, -0.25) is 14.9 Å². The normalized spacial score (nSPS) is 11.3. The maximum atomic E-state index is 11.9. The van der Waals surface area contributed by atoms with E-state index in [0.29, 0.717) is 16.8 Å². The van der Waals surface area contributed by atoms with E-state index >= 15 is 0 Å². The highest BCUT2D eigenvalue weighted by atomic mass is 16.6. The van der Waals surface area contributed by atoms with Crippen molar-refractivity contribution in [2.24, 2.45) is 10.2 Å². The van der Waals surface area contributed by atoms with Crippen molar-refractivity contribution in [3.8, 4) is 0 Å². The van der Waals surface area contributed by atoms with Gasteiger partial charge in [0.25, 0.3) is 11.4 Å². The van der Waals surface area contributed by atoms with E-state index in [9.17, 15) is 14.9 Å². The molecule has 0 atom stereocenters. The number of non-ortho nitro benzene ring substituents is 1. The lowest BCUT2D eigenvalue weighted by Crippen LogP contribution is -2.30. The first-order valence-electron chi connectivity index (χ1n) is 8.49. The number of esters is 1. The zero-order chi connectivity index (χ0) is 20.0. The molecule has 0 aliphatic carbocycles. The van der Waals surface area contributed by atoms with Crippen LogP contribution in [0.3, 0.4) is 0 Å². The third-order valence-corrected chi connectivity index (χ3v) is 3.99. The molecule has 0 radical (unpaired) electrons. The zero-order valence-electron chi connectivity index (χ0n) is 15.1. The van der Waals surface area contributed by atoms with Gasteiger partial charge in [-0.05, 0) is 12.1 Å². The van der Waals surface area contributed by atoms with Gasteiger partial charge in [-0.1, -0.05) is 60.7 Å². The predicted octanol–water partition coefficient (Wildman–Crippen LogP) is 5.14. The summed E-state index contributed by atoms with van der Waals surface area (Å²) in [5.41, 5.74) is 0.130. The highest BCUT2D eigenvalue weighted by Gasteiger charge is 2.38. The smallest absolute Gasteiger partial charge is 0.305 e. The summed E-state index contributed by atoms with van der Waals surface area (Å²) in [5, 5.41) is 19.4. The number of nitro groups is 1. The largest absolute Gasteiger partial charge is 0.427 e. The Hall–Kier alpha value is -3.87. The maximum absolute atomic E-state index is 11.9.